The molecule has 2 heteroatoms. The van der Waals surface area contributed by atoms with Crippen LogP contribution in [0, 0.1) is 11.3 Å². The maximum absolute atomic E-state index is 11.1. The van der Waals surface area contributed by atoms with Crippen LogP contribution in [0.4, 0.5) is 0 Å². The molecule has 0 N–H and O–H groups in total. The summed E-state index contributed by atoms with van der Waals surface area (Å²) >= 11 is 0. The lowest BCUT2D eigenvalue weighted by Gasteiger charge is -2.21. The van der Waals surface area contributed by atoms with Crippen molar-refractivity contribution in [2.75, 3.05) is 6.61 Å². The van der Waals surface area contributed by atoms with E-state index in [0.29, 0.717) is 6.10 Å². The van der Waals surface area contributed by atoms with Crippen LogP contribution in [0.1, 0.15) is 39.0 Å². The van der Waals surface area contributed by atoms with Crippen molar-refractivity contribution in [1.82, 2.24) is 0 Å². The maximum atomic E-state index is 11.1. The van der Waals surface area contributed by atoms with Gasteiger partial charge in [0.2, 0.25) is 0 Å². The Morgan fingerprint density at radius 1 is 1.62 bits per heavy atom. The molecule has 0 bridgehead atoms. The van der Waals surface area contributed by atoms with Crippen LogP contribution in [0.25, 0.3) is 0 Å². The Bertz CT molecular complexity index is 198. The molecule has 0 aromatic heterocycles. The molecule has 2 fully saturated rings. The van der Waals surface area contributed by atoms with Gasteiger partial charge in [-0.1, -0.05) is 6.92 Å². The summed E-state index contributed by atoms with van der Waals surface area (Å²) in [6.45, 7) is 3.17. The minimum Gasteiger partial charge on any atom is -0.373 e. The first kappa shape index (κ1) is 9.20. The third kappa shape index (κ3) is 2.11. The van der Waals surface area contributed by atoms with Gasteiger partial charge in [-0.25, -0.2) is 0 Å². The summed E-state index contributed by atoms with van der Waals surface area (Å²) in [5.74, 6) is 0.741. The molecule has 3 unspecified atom stereocenters. The van der Waals surface area contributed by atoms with Crippen LogP contribution in [-0.4, -0.2) is 19.0 Å². The number of hydrogen-bond donors (Lipinski definition) is 0. The second kappa shape index (κ2) is 3.41. The van der Waals surface area contributed by atoms with Crippen LogP contribution in [0.15, 0.2) is 0 Å². The summed E-state index contributed by atoms with van der Waals surface area (Å²) in [7, 11) is 0. The van der Waals surface area contributed by atoms with E-state index in [9.17, 15) is 4.79 Å². The van der Waals surface area contributed by atoms with Gasteiger partial charge in [0.25, 0.3) is 0 Å². The van der Waals surface area contributed by atoms with Crippen molar-refractivity contribution < 1.29 is 9.53 Å². The number of aldehydes is 1. The molecule has 2 nitrogen and oxygen atoms in total. The van der Waals surface area contributed by atoms with Crippen LogP contribution in [0.3, 0.4) is 0 Å². The maximum Gasteiger partial charge on any atom is 0.126 e. The summed E-state index contributed by atoms with van der Waals surface area (Å²) in [5.41, 5.74) is 0.0192. The van der Waals surface area contributed by atoms with E-state index in [2.05, 4.69) is 6.92 Å². The zero-order chi connectivity index (χ0) is 9.31. The third-order valence-corrected chi connectivity index (χ3v) is 3.51. The Labute approximate surface area is 79.7 Å². The number of hydrogen-bond acceptors (Lipinski definition) is 2. The summed E-state index contributed by atoms with van der Waals surface area (Å²) in [6, 6.07) is 0. The molecule has 0 spiro atoms. The van der Waals surface area contributed by atoms with E-state index >= 15 is 0 Å². The van der Waals surface area contributed by atoms with Gasteiger partial charge in [-0.2, -0.15) is 0 Å². The van der Waals surface area contributed by atoms with Gasteiger partial charge >= 0.3 is 0 Å². The minimum atomic E-state index is 0.0192. The van der Waals surface area contributed by atoms with Crippen molar-refractivity contribution in [3.05, 3.63) is 0 Å². The van der Waals surface area contributed by atoms with Crippen molar-refractivity contribution in [3.63, 3.8) is 0 Å². The SMILES string of the molecule is CC1CCC(C=O)(CCC2CO2)C1. The normalized spacial score (nSPS) is 43.5. The highest BCUT2D eigenvalue weighted by molar-refractivity contribution is 5.60. The molecule has 13 heavy (non-hydrogen) atoms. The fraction of sp³-hybridized carbons (Fsp3) is 0.909. The minimum absolute atomic E-state index is 0.0192. The molecule has 74 valence electrons. The summed E-state index contributed by atoms with van der Waals surface area (Å²) < 4.78 is 5.17. The van der Waals surface area contributed by atoms with Crippen LogP contribution in [-0.2, 0) is 9.53 Å². The lowest BCUT2D eigenvalue weighted by molar-refractivity contribution is -0.116. The van der Waals surface area contributed by atoms with E-state index in [-0.39, 0.29) is 5.41 Å². The fourth-order valence-electron chi connectivity index (χ4n) is 2.51. The highest BCUT2D eigenvalue weighted by Crippen LogP contribution is 2.44. The Morgan fingerprint density at radius 2 is 2.38 bits per heavy atom. The Morgan fingerprint density at radius 3 is 2.85 bits per heavy atom. The Hall–Kier alpha value is -0.370. The van der Waals surface area contributed by atoms with E-state index in [1.807, 2.05) is 0 Å². The predicted octanol–water partition coefficient (Wildman–Crippen LogP) is 2.17. The van der Waals surface area contributed by atoms with Gasteiger partial charge in [0.15, 0.2) is 0 Å². The van der Waals surface area contributed by atoms with Crippen molar-refractivity contribution in [2.24, 2.45) is 11.3 Å². The first-order valence-electron chi connectivity index (χ1n) is 5.32. The molecule has 0 aromatic carbocycles. The Balaban J connectivity index is 1.86. The molecule has 1 saturated heterocycles. The molecule has 1 aliphatic carbocycles. The number of ether oxygens (including phenoxy) is 1. The Kier molecular flexibility index (Phi) is 2.41. The van der Waals surface area contributed by atoms with Gasteiger partial charge in [-0.05, 0) is 38.0 Å². The van der Waals surface area contributed by atoms with Crippen LogP contribution < -0.4 is 0 Å². The van der Waals surface area contributed by atoms with Gasteiger partial charge < -0.3 is 9.53 Å². The highest BCUT2D eigenvalue weighted by Gasteiger charge is 2.38. The molecular formula is C11H18O2. The van der Waals surface area contributed by atoms with Crippen LogP contribution >= 0.6 is 0 Å². The second-order valence-corrected chi connectivity index (χ2v) is 4.82. The lowest BCUT2D eigenvalue weighted by atomic mass is 9.82. The van der Waals surface area contributed by atoms with Crippen molar-refractivity contribution >= 4 is 6.29 Å². The standard InChI is InChI=1S/C11H18O2/c1-9-2-4-11(6-9,8-12)5-3-10-7-13-10/h8-10H,2-7H2,1H3. The van der Waals surface area contributed by atoms with E-state index in [1.165, 1.54) is 12.7 Å². The molecule has 0 aromatic rings. The molecule has 3 atom stereocenters. The highest BCUT2D eigenvalue weighted by atomic mass is 16.6. The first-order valence-corrected chi connectivity index (χ1v) is 5.32. The molecule has 2 aliphatic rings. The van der Waals surface area contributed by atoms with Crippen molar-refractivity contribution in [2.45, 2.75) is 45.1 Å². The second-order valence-electron chi connectivity index (χ2n) is 4.82. The average molecular weight is 182 g/mol. The summed E-state index contributed by atoms with van der Waals surface area (Å²) in [5, 5.41) is 0. The summed E-state index contributed by atoms with van der Waals surface area (Å²) in [6.07, 6.45) is 7.25. The molecule has 1 saturated carbocycles. The third-order valence-electron chi connectivity index (χ3n) is 3.51. The number of carbonyl (C=O) groups excluding carboxylic acids is 1. The molecule has 1 aliphatic heterocycles. The van der Waals surface area contributed by atoms with E-state index in [1.54, 1.807) is 0 Å². The van der Waals surface area contributed by atoms with Crippen molar-refractivity contribution in [1.29, 1.82) is 0 Å². The monoisotopic (exact) mass is 182 g/mol. The molecule has 0 amide bonds. The quantitative estimate of drug-likeness (QED) is 0.492. The van der Waals surface area contributed by atoms with Gasteiger partial charge in [-0.15, -0.1) is 0 Å². The van der Waals surface area contributed by atoms with Crippen LogP contribution in [0.5, 0.6) is 0 Å². The number of rotatable bonds is 4. The van der Waals surface area contributed by atoms with Gasteiger partial charge in [0.05, 0.1) is 12.7 Å². The smallest absolute Gasteiger partial charge is 0.126 e. The topological polar surface area (TPSA) is 29.6 Å². The zero-order valence-corrected chi connectivity index (χ0v) is 8.29. The number of epoxide rings is 1. The lowest BCUT2D eigenvalue weighted by Crippen LogP contribution is -2.19. The zero-order valence-electron chi connectivity index (χ0n) is 8.29. The average Bonchev–Trinajstić information content (AvgIpc) is 2.88. The largest absolute Gasteiger partial charge is 0.373 e. The van der Waals surface area contributed by atoms with E-state index < -0.39 is 0 Å². The van der Waals surface area contributed by atoms with Crippen LogP contribution in [0.2, 0.25) is 0 Å². The van der Waals surface area contributed by atoms with E-state index in [0.717, 1.165) is 38.2 Å². The molecule has 2 rings (SSSR count). The first-order chi connectivity index (χ1) is 6.24. The van der Waals surface area contributed by atoms with Crippen molar-refractivity contribution in [3.8, 4) is 0 Å². The fourth-order valence-corrected chi connectivity index (χ4v) is 2.51. The van der Waals surface area contributed by atoms with Gasteiger partial charge in [0.1, 0.15) is 6.29 Å². The van der Waals surface area contributed by atoms with Gasteiger partial charge in [-0.3, -0.25) is 0 Å². The summed E-state index contributed by atoms with van der Waals surface area (Å²) in [4.78, 5) is 11.1. The van der Waals surface area contributed by atoms with E-state index in [4.69, 9.17) is 4.74 Å². The predicted molar refractivity (Wildman–Crippen MR) is 50.5 cm³/mol. The van der Waals surface area contributed by atoms with Gasteiger partial charge in [0, 0.05) is 5.41 Å². The molecule has 1 heterocycles. The molecule has 0 radical (unpaired) electrons. The number of carbonyl (C=O) groups is 1. The molecular weight excluding hydrogens is 164 g/mol.